The molecule has 1 aromatic rings. The smallest absolute Gasteiger partial charge is 0.391 e. The van der Waals surface area contributed by atoms with Gasteiger partial charge < -0.3 is 10.0 Å². The zero-order chi connectivity index (χ0) is 14.6. The van der Waals surface area contributed by atoms with Gasteiger partial charge in [0.2, 0.25) is 0 Å². The van der Waals surface area contributed by atoms with Crippen LogP contribution in [0.4, 0.5) is 18.3 Å². The summed E-state index contributed by atoms with van der Waals surface area (Å²) in [5.41, 5.74) is 0.714. The summed E-state index contributed by atoms with van der Waals surface area (Å²) in [5, 5.41) is 9.63. The first-order chi connectivity index (χ1) is 8.82. The standard InChI is InChI=1S/C12H19F3N2OS/c1-4-8(3)10-9(6-18)19-11(16-10)17(5-2)7-12(13,14)15/h8,18H,4-7H2,1-3H3. The molecule has 0 aliphatic carbocycles. The monoisotopic (exact) mass is 296 g/mol. The van der Waals surface area contributed by atoms with Crippen LogP contribution in [0.15, 0.2) is 0 Å². The number of thiazole rings is 1. The van der Waals surface area contributed by atoms with E-state index in [-0.39, 0.29) is 19.1 Å². The van der Waals surface area contributed by atoms with Crippen molar-refractivity contribution in [2.75, 3.05) is 18.0 Å². The van der Waals surface area contributed by atoms with Gasteiger partial charge in [-0.2, -0.15) is 13.2 Å². The van der Waals surface area contributed by atoms with E-state index in [2.05, 4.69) is 4.98 Å². The van der Waals surface area contributed by atoms with Gasteiger partial charge in [0.1, 0.15) is 6.54 Å². The predicted molar refractivity (Wildman–Crippen MR) is 70.7 cm³/mol. The Morgan fingerprint density at radius 2 is 2.00 bits per heavy atom. The van der Waals surface area contributed by atoms with Crippen LogP contribution in [-0.2, 0) is 6.61 Å². The molecule has 0 bridgehead atoms. The summed E-state index contributed by atoms with van der Waals surface area (Å²) in [7, 11) is 0. The van der Waals surface area contributed by atoms with Gasteiger partial charge in [0.05, 0.1) is 17.2 Å². The highest BCUT2D eigenvalue weighted by Gasteiger charge is 2.32. The molecule has 0 aliphatic heterocycles. The van der Waals surface area contributed by atoms with E-state index in [9.17, 15) is 18.3 Å². The van der Waals surface area contributed by atoms with Crippen LogP contribution in [0.3, 0.4) is 0 Å². The Balaban J connectivity index is 3.02. The van der Waals surface area contributed by atoms with Crippen LogP contribution >= 0.6 is 11.3 Å². The highest BCUT2D eigenvalue weighted by molar-refractivity contribution is 7.15. The Morgan fingerprint density at radius 3 is 2.42 bits per heavy atom. The van der Waals surface area contributed by atoms with Crippen molar-refractivity contribution in [3.05, 3.63) is 10.6 Å². The molecule has 7 heteroatoms. The lowest BCUT2D eigenvalue weighted by Crippen LogP contribution is -2.34. The third kappa shape index (κ3) is 4.35. The third-order valence-corrected chi connectivity index (χ3v) is 4.08. The molecule has 19 heavy (non-hydrogen) atoms. The number of aliphatic hydroxyl groups is 1. The summed E-state index contributed by atoms with van der Waals surface area (Å²) in [6, 6.07) is 0. The van der Waals surface area contributed by atoms with Crippen molar-refractivity contribution >= 4 is 16.5 Å². The van der Waals surface area contributed by atoms with Crippen molar-refractivity contribution in [3.8, 4) is 0 Å². The van der Waals surface area contributed by atoms with Crippen LogP contribution in [0.5, 0.6) is 0 Å². The molecule has 1 N–H and O–H groups in total. The van der Waals surface area contributed by atoms with Crippen molar-refractivity contribution in [2.45, 2.75) is 45.9 Å². The van der Waals surface area contributed by atoms with Crippen molar-refractivity contribution in [2.24, 2.45) is 0 Å². The summed E-state index contributed by atoms with van der Waals surface area (Å²) in [4.78, 5) is 6.14. The molecule has 0 radical (unpaired) electrons. The molecule has 1 heterocycles. The lowest BCUT2D eigenvalue weighted by Gasteiger charge is -2.21. The average Bonchev–Trinajstić information content (AvgIpc) is 2.77. The lowest BCUT2D eigenvalue weighted by atomic mass is 10.0. The Kier molecular flexibility index (Phi) is 5.61. The van der Waals surface area contributed by atoms with Crippen LogP contribution in [0.1, 0.15) is 43.7 Å². The maximum Gasteiger partial charge on any atom is 0.406 e. The number of aliphatic hydroxyl groups excluding tert-OH is 1. The molecule has 1 aromatic heterocycles. The molecule has 0 fully saturated rings. The SMILES string of the molecule is CCC(C)c1nc(N(CC)CC(F)(F)F)sc1CO. The highest BCUT2D eigenvalue weighted by Crippen LogP contribution is 2.33. The van der Waals surface area contributed by atoms with Gasteiger partial charge in [0.15, 0.2) is 5.13 Å². The average molecular weight is 296 g/mol. The second kappa shape index (κ2) is 6.56. The molecular weight excluding hydrogens is 277 g/mol. The molecule has 1 atom stereocenters. The fourth-order valence-electron chi connectivity index (χ4n) is 1.71. The van der Waals surface area contributed by atoms with Crippen LogP contribution in [0.25, 0.3) is 0 Å². The number of hydrogen-bond acceptors (Lipinski definition) is 4. The van der Waals surface area contributed by atoms with Crippen LogP contribution in [0, 0.1) is 0 Å². The number of hydrogen-bond donors (Lipinski definition) is 1. The van der Waals surface area contributed by atoms with E-state index in [1.165, 1.54) is 4.90 Å². The minimum atomic E-state index is -4.25. The van der Waals surface area contributed by atoms with Gasteiger partial charge in [-0.25, -0.2) is 4.98 Å². The fourth-order valence-corrected chi connectivity index (χ4v) is 2.81. The molecule has 1 rings (SSSR count). The first kappa shape index (κ1) is 16.2. The molecule has 3 nitrogen and oxygen atoms in total. The maximum absolute atomic E-state index is 12.5. The zero-order valence-electron chi connectivity index (χ0n) is 11.3. The molecule has 1 unspecified atom stereocenters. The Hall–Kier alpha value is -0.820. The van der Waals surface area contributed by atoms with E-state index < -0.39 is 12.7 Å². The lowest BCUT2D eigenvalue weighted by molar-refractivity contribution is -0.119. The minimum Gasteiger partial charge on any atom is -0.391 e. The van der Waals surface area contributed by atoms with Crippen LogP contribution in [0.2, 0.25) is 0 Å². The van der Waals surface area contributed by atoms with Gasteiger partial charge in [-0.3, -0.25) is 0 Å². The van der Waals surface area contributed by atoms with E-state index in [1.54, 1.807) is 6.92 Å². The molecule has 0 amide bonds. The number of anilines is 1. The highest BCUT2D eigenvalue weighted by atomic mass is 32.1. The molecule has 0 aromatic carbocycles. The zero-order valence-corrected chi connectivity index (χ0v) is 12.1. The molecule has 0 spiro atoms. The van der Waals surface area contributed by atoms with Crippen molar-refractivity contribution in [3.63, 3.8) is 0 Å². The maximum atomic E-state index is 12.5. The van der Waals surface area contributed by atoms with Crippen LogP contribution in [-0.4, -0.2) is 29.4 Å². The van der Waals surface area contributed by atoms with Gasteiger partial charge >= 0.3 is 6.18 Å². The molecule has 0 aliphatic rings. The second-order valence-electron chi connectivity index (χ2n) is 4.40. The topological polar surface area (TPSA) is 36.4 Å². The van der Waals surface area contributed by atoms with Crippen molar-refractivity contribution in [1.82, 2.24) is 4.98 Å². The van der Waals surface area contributed by atoms with Gasteiger partial charge in [-0.1, -0.05) is 25.2 Å². The Morgan fingerprint density at radius 1 is 1.37 bits per heavy atom. The van der Waals surface area contributed by atoms with Crippen LogP contribution < -0.4 is 4.90 Å². The van der Waals surface area contributed by atoms with E-state index in [0.29, 0.717) is 15.7 Å². The van der Waals surface area contributed by atoms with Crippen molar-refractivity contribution in [1.29, 1.82) is 0 Å². The number of aromatic nitrogens is 1. The summed E-state index contributed by atoms with van der Waals surface area (Å²) in [6.45, 7) is 4.64. The quantitative estimate of drug-likeness (QED) is 0.872. The molecule has 0 saturated heterocycles. The van der Waals surface area contributed by atoms with E-state index in [0.717, 1.165) is 17.8 Å². The molecule has 110 valence electrons. The third-order valence-electron chi connectivity index (χ3n) is 2.96. The van der Waals surface area contributed by atoms with E-state index in [4.69, 9.17) is 0 Å². The Labute approximate surface area is 115 Å². The Bertz CT molecular complexity index is 406. The summed E-state index contributed by atoms with van der Waals surface area (Å²) in [5.74, 6) is 0.136. The van der Waals surface area contributed by atoms with Gasteiger partial charge in [0, 0.05) is 6.54 Å². The number of halogens is 3. The second-order valence-corrected chi connectivity index (χ2v) is 5.46. The summed E-state index contributed by atoms with van der Waals surface area (Å²) >= 11 is 1.14. The minimum absolute atomic E-state index is 0.136. The fraction of sp³-hybridized carbons (Fsp3) is 0.750. The van der Waals surface area contributed by atoms with Crippen molar-refractivity contribution < 1.29 is 18.3 Å². The largest absolute Gasteiger partial charge is 0.406 e. The van der Waals surface area contributed by atoms with E-state index in [1.807, 2.05) is 13.8 Å². The van der Waals surface area contributed by atoms with Gasteiger partial charge in [0.25, 0.3) is 0 Å². The normalized spacial score (nSPS) is 13.6. The predicted octanol–water partition coefficient (Wildman–Crippen LogP) is 3.54. The molecule has 0 saturated carbocycles. The van der Waals surface area contributed by atoms with Gasteiger partial charge in [-0.05, 0) is 19.3 Å². The first-order valence-electron chi connectivity index (χ1n) is 6.24. The number of alkyl halides is 3. The van der Waals surface area contributed by atoms with E-state index >= 15 is 0 Å². The summed E-state index contributed by atoms with van der Waals surface area (Å²) < 4.78 is 37.4. The summed E-state index contributed by atoms with van der Waals surface area (Å²) in [6.07, 6.45) is -3.42. The first-order valence-corrected chi connectivity index (χ1v) is 7.06. The molecular formula is C12H19F3N2OS. The number of nitrogens with zero attached hydrogens (tertiary/aromatic N) is 2. The number of rotatable bonds is 6. The van der Waals surface area contributed by atoms with Gasteiger partial charge in [-0.15, -0.1) is 0 Å².